The van der Waals surface area contributed by atoms with Crippen LogP contribution in [0.15, 0.2) is 30.0 Å². The molecule has 1 aliphatic rings. The van der Waals surface area contributed by atoms with Crippen molar-refractivity contribution >= 4 is 44.7 Å². The molecule has 3 N–H and O–H groups in total. The Morgan fingerprint density at radius 3 is 2.40 bits per heavy atom. The largest absolute Gasteiger partial charge is 0.430 e. The highest BCUT2D eigenvalue weighted by Gasteiger charge is 2.33. The third-order valence-corrected chi connectivity index (χ3v) is 7.23. The fourth-order valence-electron chi connectivity index (χ4n) is 3.03. The van der Waals surface area contributed by atoms with Gasteiger partial charge in [-0.15, -0.1) is 0 Å². The van der Waals surface area contributed by atoms with Gasteiger partial charge in [-0.05, 0) is 37.0 Å². The lowest BCUT2D eigenvalue weighted by molar-refractivity contribution is -0.124. The van der Waals surface area contributed by atoms with Gasteiger partial charge in [0.2, 0.25) is 0 Å². The van der Waals surface area contributed by atoms with Crippen molar-refractivity contribution in [2.75, 3.05) is 18.1 Å². The number of allylic oxidation sites excluding steroid dienone is 1. The standard InChI is InChI=1S/C18H20Cl2F3N3O3S/c19-13-2-1-3-14(20)12(13)9-26(6-4-11-5-7-30(28,29)10-11)17(27)15(24)8-16(25)18(21,22)23/h1-3,8,11,24H,4-7,9-10,25H2. The number of carbonyl (C=O) groups is 1. The summed E-state index contributed by atoms with van der Waals surface area (Å²) in [7, 11) is -3.12. The van der Waals surface area contributed by atoms with Gasteiger partial charge in [0, 0.05) is 28.7 Å². The summed E-state index contributed by atoms with van der Waals surface area (Å²) < 4.78 is 61.2. The van der Waals surface area contributed by atoms with Crippen LogP contribution in [0, 0.1) is 11.3 Å². The quantitative estimate of drug-likeness (QED) is 0.575. The molecule has 0 bridgehead atoms. The fourth-order valence-corrected chi connectivity index (χ4v) is 5.46. The summed E-state index contributed by atoms with van der Waals surface area (Å²) >= 11 is 12.3. The molecule has 0 radical (unpaired) electrons. The van der Waals surface area contributed by atoms with Crippen LogP contribution in [0.5, 0.6) is 0 Å². The Balaban J connectivity index is 2.23. The van der Waals surface area contributed by atoms with Gasteiger partial charge < -0.3 is 10.6 Å². The second-order valence-electron chi connectivity index (χ2n) is 7.00. The molecule has 0 spiro atoms. The number of benzene rings is 1. The lowest BCUT2D eigenvalue weighted by Crippen LogP contribution is -2.37. The molecule has 1 unspecified atom stereocenters. The summed E-state index contributed by atoms with van der Waals surface area (Å²) in [5, 5.41) is 8.25. The monoisotopic (exact) mass is 485 g/mol. The minimum atomic E-state index is -4.87. The number of carbonyl (C=O) groups excluding carboxylic acids is 1. The van der Waals surface area contributed by atoms with Crippen LogP contribution in [0.2, 0.25) is 10.0 Å². The minimum absolute atomic E-state index is 0.0136. The SMILES string of the molecule is N=C(C=C(N)C(F)(F)F)C(=O)N(CCC1CCS(=O)(=O)C1)Cc1c(Cl)cccc1Cl. The molecule has 1 amide bonds. The second-order valence-corrected chi connectivity index (χ2v) is 10.0. The summed E-state index contributed by atoms with van der Waals surface area (Å²) in [4.78, 5) is 13.8. The Kier molecular flexibility index (Phi) is 7.81. The van der Waals surface area contributed by atoms with Crippen molar-refractivity contribution in [1.82, 2.24) is 4.90 Å². The van der Waals surface area contributed by atoms with E-state index < -0.39 is 33.3 Å². The van der Waals surface area contributed by atoms with Crippen LogP contribution in [0.4, 0.5) is 13.2 Å². The molecule has 1 atom stereocenters. The van der Waals surface area contributed by atoms with Gasteiger partial charge in [-0.1, -0.05) is 29.3 Å². The number of alkyl halides is 3. The Morgan fingerprint density at radius 1 is 1.30 bits per heavy atom. The van der Waals surface area contributed by atoms with Crippen molar-refractivity contribution in [3.63, 3.8) is 0 Å². The lowest BCUT2D eigenvalue weighted by atomic mass is 10.0. The average Bonchev–Trinajstić information content (AvgIpc) is 2.98. The lowest BCUT2D eigenvalue weighted by Gasteiger charge is -2.25. The summed E-state index contributed by atoms with van der Waals surface area (Å²) in [5.74, 6) is -1.14. The number of nitrogens with one attached hydrogen (secondary N) is 1. The van der Waals surface area contributed by atoms with Gasteiger partial charge in [-0.25, -0.2) is 8.42 Å². The van der Waals surface area contributed by atoms with E-state index in [9.17, 15) is 26.4 Å². The number of hydrogen-bond donors (Lipinski definition) is 2. The zero-order chi connectivity index (χ0) is 22.7. The smallest absolute Gasteiger partial charge is 0.395 e. The first kappa shape index (κ1) is 24.5. The molecule has 1 aliphatic heterocycles. The van der Waals surface area contributed by atoms with Crippen LogP contribution < -0.4 is 5.73 Å². The van der Waals surface area contributed by atoms with Crippen LogP contribution in [-0.2, 0) is 21.2 Å². The summed E-state index contributed by atoms with van der Waals surface area (Å²) in [6.07, 6.45) is -3.88. The highest BCUT2D eigenvalue weighted by atomic mass is 35.5. The normalized spacial score (nSPS) is 19.0. The molecular formula is C18H20Cl2F3N3O3S. The predicted molar refractivity (Wildman–Crippen MR) is 109 cm³/mol. The van der Waals surface area contributed by atoms with Crippen molar-refractivity contribution in [1.29, 1.82) is 5.41 Å². The molecule has 1 aromatic rings. The zero-order valence-corrected chi connectivity index (χ0v) is 18.0. The van der Waals surface area contributed by atoms with Crippen molar-refractivity contribution < 1.29 is 26.4 Å². The molecule has 12 heteroatoms. The minimum Gasteiger partial charge on any atom is -0.395 e. The highest BCUT2D eigenvalue weighted by molar-refractivity contribution is 7.91. The van der Waals surface area contributed by atoms with E-state index >= 15 is 0 Å². The molecule has 0 aromatic heterocycles. The predicted octanol–water partition coefficient (Wildman–Crippen LogP) is 3.57. The van der Waals surface area contributed by atoms with E-state index in [0.717, 1.165) is 4.90 Å². The maximum absolute atomic E-state index is 12.7. The van der Waals surface area contributed by atoms with Crippen LogP contribution in [0.25, 0.3) is 0 Å². The third kappa shape index (κ3) is 6.61. The summed E-state index contributed by atoms with van der Waals surface area (Å²) in [5.41, 5.74) is 2.76. The van der Waals surface area contributed by atoms with E-state index in [-0.39, 0.29) is 46.6 Å². The molecule has 30 heavy (non-hydrogen) atoms. The van der Waals surface area contributed by atoms with Crippen LogP contribution in [-0.4, -0.2) is 49.2 Å². The first-order valence-corrected chi connectivity index (χ1v) is 11.4. The third-order valence-electron chi connectivity index (χ3n) is 4.69. The molecule has 1 saturated heterocycles. The Hall–Kier alpha value is -1.78. The molecule has 2 rings (SSSR count). The molecular weight excluding hydrogens is 466 g/mol. The topological polar surface area (TPSA) is 104 Å². The molecule has 166 valence electrons. The van der Waals surface area contributed by atoms with Crippen LogP contribution in [0.3, 0.4) is 0 Å². The Labute approximate surface area is 182 Å². The number of hydrogen-bond acceptors (Lipinski definition) is 5. The Morgan fingerprint density at radius 2 is 1.90 bits per heavy atom. The average molecular weight is 486 g/mol. The van der Waals surface area contributed by atoms with Gasteiger partial charge in [0.25, 0.3) is 5.91 Å². The van der Waals surface area contributed by atoms with E-state index in [0.29, 0.717) is 18.4 Å². The Bertz CT molecular complexity index is 945. The number of rotatable bonds is 7. The number of sulfone groups is 1. The van der Waals surface area contributed by atoms with Gasteiger partial charge in [-0.2, -0.15) is 13.2 Å². The van der Waals surface area contributed by atoms with Gasteiger partial charge in [0.15, 0.2) is 9.84 Å². The number of halogens is 5. The highest BCUT2D eigenvalue weighted by Crippen LogP contribution is 2.28. The van der Waals surface area contributed by atoms with Gasteiger partial charge in [-0.3, -0.25) is 10.2 Å². The zero-order valence-electron chi connectivity index (χ0n) is 15.7. The van der Waals surface area contributed by atoms with Crippen molar-refractivity contribution in [2.45, 2.75) is 25.6 Å². The number of nitrogens with two attached hydrogens (primary N) is 1. The van der Waals surface area contributed by atoms with Crippen LogP contribution >= 0.6 is 23.2 Å². The summed E-state index contributed by atoms with van der Waals surface area (Å²) in [6, 6.07) is 4.68. The second kappa shape index (κ2) is 9.57. The number of amides is 1. The van der Waals surface area contributed by atoms with E-state index in [4.69, 9.17) is 34.3 Å². The first-order chi connectivity index (χ1) is 13.8. The van der Waals surface area contributed by atoms with E-state index in [1.807, 2.05) is 0 Å². The van der Waals surface area contributed by atoms with E-state index in [1.165, 1.54) is 0 Å². The first-order valence-electron chi connectivity index (χ1n) is 8.85. The van der Waals surface area contributed by atoms with Gasteiger partial charge >= 0.3 is 6.18 Å². The maximum Gasteiger partial charge on any atom is 0.430 e. The van der Waals surface area contributed by atoms with Crippen LogP contribution in [0.1, 0.15) is 18.4 Å². The van der Waals surface area contributed by atoms with Gasteiger partial charge in [0.05, 0.1) is 11.5 Å². The molecule has 0 aliphatic carbocycles. The molecule has 0 saturated carbocycles. The van der Waals surface area contributed by atoms with Gasteiger partial charge in [0.1, 0.15) is 11.4 Å². The van der Waals surface area contributed by atoms with Crippen molar-refractivity contribution in [2.24, 2.45) is 11.7 Å². The van der Waals surface area contributed by atoms with Crippen molar-refractivity contribution in [3.8, 4) is 0 Å². The maximum atomic E-state index is 12.7. The van der Waals surface area contributed by atoms with Crippen molar-refractivity contribution in [3.05, 3.63) is 45.6 Å². The molecule has 1 aromatic carbocycles. The fraction of sp³-hybridized carbons (Fsp3) is 0.444. The van der Waals surface area contributed by atoms with E-state index in [1.54, 1.807) is 18.2 Å². The number of nitrogens with zero attached hydrogens (tertiary/aromatic N) is 1. The molecule has 1 fully saturated rings. The molecule has 1 heterocycles. The van der Waals surface area contributed by atoms with E-state index in [2.05, 4.69) is 0 Å². The molecule has 6 nitrogen and oxygen atoms in total. The summed E-state index contributed by atoms with van der Waals surface area (Å²) in [6.45, 7) is -0.137.